The Kier molecular flexibility index (Phi) is 5.70. The number of nitrogens with one attached hydrogen (secondary N) is 2. The average Bonchev–Trinajstić information content (AvgIpc) is 2.37. The fourth-order valence-corrected chi connectivity index (χ4v) is 2.23. The van der Waals surface area contributed by atoms with E-state index in [0.717, 1.165) is 12.1 Å². The molecular formula is C12H16F3N3OS. The third-order valence-electron chi connectivity index (χ3n) is 2.54. The monoisotopic (exact) mass is 307 g/mol. The molecule has 1 aromatic rings. The fourth-order valence-electron chi connectivity index (χ4n) is 1.64. The predicted octanol–water partition coefficient (Wildman–Crippen LogP) is 2.47. The number of hydrogen-bond donors (Lipinski definition) is 3. The molecule has 1 atom stereocenters. The van der Waals surface area contributed by atoms with Crippen LogP contribution in [-0.4, -0.2) is 24.0 Å². The van der Waals surface area contributed by atoms with E-state index >= 15 is 0 Å². The van der Waals surface area contributed by atoms with Gasteiger partial charge in [-0.1, -0.05) is 0 Å². The van der Waals surface area contributed by atoms with E-state index in [4.69, 9.17) is 5.84 Å². The smallest absolute Gasteiger partial charge is 0.349 e. The van der Waals surface area contributed by atoms with Crippen LogP contribution in [0.25, 0.3) is 0 Å². The van der Waals surface area contributed by atoms with E-state index < -0.39 is 17.6 Å². The number of benzene rings is 1. The van der Waals surface area contributed by atoms with E-state index in [-0.39, 0.29) is 17.3 Å². The van der Waals surface area contributed by atoms with E-state index in [9.17, 15) is 18.0 Å². The molecule has 20 heavy (non-hydrogen) atoms. The van der Waals surface area contributed by atoms with Gasteiger partial charge in [-0.3, -0.25) is 10.6 Å². The van der Waals surface area contributed by atoms with Crippen molar-refractivity contribution >= 4 is 23.4 Å². The summed E-state index contributed by atoms with van der Waals surface area (Å²) >= 11 is 1.54. The molecule has 0 fully saturated rings. The van der Waals surface area contributed by atoms with Crippen molar-refractivity contribution in [2.45, 2.75) is 19.1 Å². The van der Waals surface area contributed by atoms with E-state index in [1.54, 1.807) is 6.92 Å². The first kappa shape index (κ1) is 16.6. The number of thioether (sulfide) groups is 1. The zero-order valence-electron chi connectivity index (χ0n) is 11.0. The summed E-state index contributed by atoms with van der Waals surface area (Å²) in [5.74, 6) is 5.18. The van der Waals surface area contributed by atoms with Crippen molar-refractivity contribution in [2.75, 3.05) is 17.4 Å². The fraction of sp³-hybridized carbons (Fsp3) is 0.417. The Morgan fingerprint density at radius 3 is 2.60 bits per heavy atom. The van der Waals surface area contributed by atoms with Gasteiger partial charge in [0, 0.05) is 17.4 Å². The molecular weight excluding hydrogens is 291 g/mol. The quantitative estimate of drug-likeness (QED) is 0.577. The van der Waals surface area contributed by atoms with Gasteiger partial charge in [-0.25, -0.2) is 0 Å². The highest BCUT2D eigenvalue weighted by Gasteiger charge is 2.34. The minimum atomic E-state index is -4.58. The average molecular weight is 307 g/mol. The highest BCUT2D eigenvalue weighted by Crippen LogP contribution is 2.35. The van der Waals surface area contributed by atoms with Gasteiger partial charge < -0.3 is 10.7 Å². The highest BCUT2D eigenvalue weighted by atomic mass is 32.2. The van der Waals surface area contributed by atoms with Crippen LogP contribution < -0.4 is 16.6 Å². The maximum absolute atomic E-state index is 12.8. The van der Waals surface area contributed by atoms with Gasteiger partial charge in [-0.15, -0.1) is 0 Å². The number of rotatable bonds is 5. The van der Waals surface area contributed by atoms with Crippen LogP contribution in [0.1, 0.15) is 22.8 Å². The largest absolute Gasteiger partial charge is 0.418 e. The van der Waals surface area contributed by atoms with E-state index in [1.165, 1.54) is 17.8 Å². The maximum atomic E-state index is 12.8. The van der Waals surface area contributed by atoms with E-state index in [2.05, 4.69) is 5.32 Å². The molecule has 1 amide bonds. The number of carbonyl (C=O) groups excluding carboxylic acids is 1. The van der Waals surface area contributed by atoms with Crippen LogP contribution in [-0.2, 0) is 6.18 Å². The van der Waals surface area contributed by atoms with Crippen molar-refractivity contribution < 1.29 is 18.0 Å². The second kappa shape index (κ2) is 6.85. The van der Waals surface area contributed by atoms with Gasteiger partial charge in [-0.05, 0) is 31.4 Å². The van der Waals surface area contributed by atoms with Crippen LogP contribution in [0.15, 0.2) is 18.2 Å². The van der Waals surface area contributed by atoms with Gasteiger partial charge in [0.2, 0.25) is 0 Å². The molecule has 1 aromatic carbocycles. The molecule has 0 bridgehead atoms. The van der Waals surface area contributed by atoms with Gasteiger partial charge >= 0.3 is 6.18 Å². The Hall–Kier alpha value is -1.41. The summed E-state index contributed by atoms with van der Waals surface area (Å²) in [6, 6.07) is 3.10. The Bertz CT molecular complexity index is 480. The van der Waals surface area contributed by atoms with Gasteiger partial charge in [0.15, 0.2) is 0 Å². The molecule has 8 heteroatoms. The minimum absolute atomic E-state index is 0.0516. The third kappa shape index (κ3) is 4.31. The zero-order valence-corrected chi connectivity index (χ0v) is 11.9. The number of amides is 1. The molecule has 0 radical (unpaired) electrons. The van der Waals surface area contributed by atoms with Gasteiger partial charge in [0.25, 0.3) is 5.91 Å². The Morgan fingerprint density at radius 1 is 1.45 bits per heavy atom. The second-order valence-electron chi connectivity index (χ2n) is 4.23. The summed E-state index contributed by atoms with van der Waals surface area (Å²) in [5, 5.41) is 2.63. The molecule has 4 N–H and O–H groups in total. The summed E-state index contributed by atoms with van der Waals surface area (Å²) in [7, 11) is 0. The number of nitrogen functional groups attached to an aromatic ring is 1. The van der Waals surface area contributed by atoms with Crippen molar-refractivity contribution in [2.24, 2.45) is 5.84 Å². The number of alkyl halides is 3. The number of hydrazine groups is 1. The van der Waals surface area contributed by atoms with Gasteiger partial charge in [0.05, 0.1) is 11.3 Å². The molecule has 0 aliphatic heterocycles. The Morgan fingerprint density at radius 2 is 2.10 bits per heavy atom. The van der Waals surface area contributed by atoms with Crippen LogP contribution in [0.5, 0.6) is 0 Å². The first-order valence-electron chi connectivity index (χ1n) is 5.77. The lowest BCUT2D eigenvalue weighted by Gasteiger charge is -2.16. The van der Waals surface area contributed by atoms with Crippen molar-refractivity contribution in [3.05, 3.63) is 29.3 Å². The second-order valence-corrected chi connectivity index (χ2v) is 5.14. The maximum Gasteiger partial charge on any atom is 0.418 e. The molecule has 0 aromatic heterocycles. The first-order valence-corrected chi connectivity index (χ1v) is 7.16. The molecule has 0 heterocycles. The number of halogens is 3. The van der Waals surface area contributed by atoms with E-state index in [1.807, 2.05) is 11.7 Å². The summed E-state index contributed by atoms with van der Waals surface area (Å²) in [4.78, 5) is 11.9. The standard InChI is InChI=1S/C12H16F3N3OS/c1-7(6-20-2)17-11(19)8-3-4-10(18-16)9(5-8)12(13,14)15/h3-5,7,18H,6,16H2,1-2H3,(H,17,19). The van der Waals surface area contributed by atoms with Gasteiger partial charge in [-0.2, -0.15) is 24.9 Å². The van der Waals surface area contributed by atoms with Crippen LogP contribution in [0, 0.1) is 0 Å². The normalized spacial score (nSPS) is 12.9. The molecule has 4 nitrogen and oxygen atoms in total. The highest BCUT2D eigenvalue weighted by molar-refractivity contribution is 7.98. The van der Waals surface area contributed by atoms with Crippen LogP contribution in [0.3, 0.4) is 0 Å². The molecule has 0 aliphatic carbocycles. The predicted molar refractivity (Wildman–Crippen MR) is 74.6 cm³/mol. The van der Waals surface area contributed by atoms with Crippen molar-refractivity contribution in [1.29, 1.82) is 0 Å². The SMILES string of the molecule is CSCC(C)NC(=O)c1ccc(NN)c(C(F)(F)F)c1. The topological polar surface area (TPSA) is 67.2 Å². The number of carbonyl (C=O) groups is 1. The molecule has 0 spiro atoms. The molecule has 1 rings (SSSR count). The summed E-state index contributed by atoms with van der Waals surface area (Å²) < 4.78 is 38.5. The molecule has 1 unspecified atom stereocenters. The summed E-state index contributed by atoms with van der Waals surface area (Å²) in [5.41, 5.74) is 0.683. The molecule has 0 saturated carbocycles. The number of hydrogen-bond acceptors (Lipinski definition) is 4. The Labute approximate surface area is 119 Å². The first-order chi connectivity index (χ1) is 9.29. The summed E-state index contributed by atoms with van der Waals surface area (Å²) in [6.07, 6.45) is -2.70. The third-order valence-corrected chi connectivity index (χ3v) is 3.37. The van der Waals surface area contributed by atoms with E-state index in [0.29, 0.717) is 5.75 Å². The Balaban J connectivity index is 3.00. The van der Waals surface area contributed by atoms with Crippen LogP contribution in [0.2, 0.25) is 0 Å². The lowest BCUT2D eigenvalue weighted by atomic mass is 10.1. The number of anilines is 1. The van der Waals surface area contributed by atoms with Crippen LogP contribution >= 0.6 is 11.8 Å². The molecule has 0 saturated heterocycles. The number of nitrogens with two attached hydrogens (primary N) is 1. The molecule has 0 aliphatic rings. The van der Waals surface area contributed by atoms with Crippen molar-refractivity contribution in [3.8, 4) is 0 Å². The molecule has 112 valence electrons. The lowest BCUT2D eigenvalue weighted by molar-refractivity contribution is -0.137. The lowest BCUT2D eigenvalue weighted by Crippen LogP contribution is -2.34. The zero-order chi connectivity index (χ0) is 15.3. The minimum Gasteiger partial charge on any atom is -0.349 e. The van der Waals surface area contributed by atoms with Crippen molar-refractivity contribution in [3.63, 3.8) is 0 Å². The summed E-state index contributed by atoms with van der Waals surface area (Å²) in [6.45, 7) is 1.79. The van der Waals surface area contributed by atoms with Crippen LogP contribution in [0.4, 0.5) is 18.9 Å². The van der Waals surface area contributed by atoms with Gasteiger partial charge in [0.1, 0.15) is 0 Å². The van der Waals surface area contributed by atoms with Crippen molar-refractivity contribution in [1.82, 2.24) is 5.32 Å².